The van der Waals surface area contributed by atoms with Crippen LogP contribution in [0.15, 0.2) is 41.3 Å². The number of aromatic amines is 1. The summed E-state index contributed by atoms with van der Waals surface area (Å²) in [5, 5.41) is 0. The van der Waals surface area contributed by atoms with E-state index in [1.165, 1.54) is 18.5 Å². The van der Waals surface area contributed by atoms with E-state index in [1.54, 1.807) is 17.2 Å². The third-order valence-electron chi connectivity index (χ3n) is 4.27. The number of furan rings is 1. The molecule has 0 bridgehead atoms. The number of rotatable bonds is 4. The Bertz CT molecular complexity index is 852. The maximum absolute atomic E-state index is 13.9. The first-order valence-electron chi connectivity index (χ1n) is 7.64. The van der Waals surface area contributed by atoms with Crippen molar-refractivity contribution in [2.75, 3.05) is 0 Å². The minimum absolute atomic E-state index is 0.167. The third kappa shape index (κ3) is 2.40. The molecule has 0 saturated heterocycles. The number of carbonyl (C=O) groups excluding carboxylic acids is 1. The van der Waals surface area contributed by atoms with Crippen LogP contribution in [0.25, 0.3) is 11.0 Å². The molecule has 1 aliphatic carbocycles. The second-order valence-corrected chi connectivity index (χ2v) is 5.89. The van der Waals surface area contributed by atoms with Crippen molar-refractivity contribution in [3.8, 4) is 0 Å². The Morgan fingerprint density at radius 2 is 2.30 bits per heavy atom. The number of nitrogens with one attached hydrogen (secondary N) is 1. The van der Waals surface area contributed by atoms with Crippen LogP contribution >= 0.6 is 0 Å². The normalized spacial score (nSPS) is 15.7. The highest BCUT2D eigenvalue weighted by molar-refractivity contribution is 6.05. The highest BCUT2D eigenvalue weighted by Gasteiger charge is 2.38. The fourth-order valence-corrected chi connectivity index (χ4v) is 2.99. The molecule has 6 heteroatoms. The van der Waals surface area contributed by atoms with Gasteiger partial charge in [-0.3, -0.25) is 4.79 Å². The van der Waals surface area contributed by atoms with Crippen LogP contribution < -0.4 is 0 Å². The number of benzene rings is 1. The largest absolute Gasteiger partial charge is 0.467 e. The summed E-state index contributed by atoms with van der Waals surface area (Å²) in [4.78, 5) is 21.9. The van der Waals surface area contributed by atoms with Gasteiger partial charge in [-0.1, -0.05) is 0 Å². The lowest BCUT2D eigenvalue weighted by Gasteiger charge is -2.28. The molecule has 2 aromatic heterocycles. The van der Waals surface area contributed by atoms with Crippen LogP contribution in [0.3, 0.4) is 0 Å². The van der Waals surface area contributed by atoms with E-state index in [9.17, 15) is 9.18 Å². The molecule has 1 aromatic carbocycles. The third-order valence-corrected chi connectivity index (χ3v) is 4.27. The Morgan fingerprint density at radius 3 is 3.00 bits per heavy atom. The molecule has 1 saturated carbocycles. The van der Waals surface area contributed by atoms with Crippen molar-refractivity contribution in [3.63, 3.8) is 0 Å². The molecule has 1 N–H and O–H groups in total. The number of carbonyl (C=O) groups is 1. The van der Waals surface area contributed by atoms with Crippen LogP contribution in [0.5, 0.6) is 0 Å². The maximum atomic E-state index is 13.9. The van der Waals surface area contributed by atoms with Gasteiger partial charge in [-0.05, 0) is 44.0 Å². The first-order valence-corrected chi connectivity index (χ1v) is 7.64. The van der Waals surface area contributed by atoms with Gasteiger partial charge in [0.25, 0.3) is 5.91 Å². The fourth-order valence-electron chi connectivity index (χ4n) is 2.99. The number of hydrogen-bond donors (Lipinski definition) is 1. The van der Waals surface area contributed by atoms with Crippen molar-refractivity contribution in [3.05, 3.63) is 54.0 Å². The SMILES string of the molecule is C[C@@H](c1ccco1)N(C(=O)c1cc(F)cc2[nH]cnc12)C1CC1. The van der Waals surface area contributed by atoms with E-state index in [0.29, 0.717) is 11.0 Å². The van der Waals surface area contributed by atoms with Crippen LogP contribution in [0.2, 0.25) is 0 Å². The van der Waals surface area contributed by atoms with Crippen LogP contribution in [-0.4, -0.2) is 26.8 Å². The molecule has 1 amide bonds. The van der Waals surface area contributed by atoms with Crippen molar-refractivity contribution < 1.29 is 13.6 Å². The smallest absolute Gasteiger partial charge is 0.257 e. The predicted octanol–water partition coefficient (Wildman–Crippen LogP) is 3.66. The average molecular weight is 313 g/mol. The Labute approximate surface area is 132 Å². The number of H-pyrrole nitrogens is 1. The topological polar surface area (TPSA) is 62.1 Å². The molecular weight excluding hydrogens is 297 g/mol. The van der Waals surface area contributed by atoms with Crippen molar-refractivity contribution in [1.29, 1.82) is 0 Å². The zero-order valence-electron chi connectivity index (χ0n) is 12.6. The van der Waals surface area contributed by atoms with Gasteiger partial charge in [0, 0.05) is 6.04 Å². The minimum atomic E-state index is -0.452. The van der Waals surface area contributed by atoms with Crippen molar-refractivity contribution in [1.82, 2.24) is 14.9 Å². The fraction of sp³-hybridized carbons (Fsp3) is 0.294. The van der Waals surface area contributed by atoms with Gasteiger partial charge in [0.1, 0.15) is 17.1 Å². The molecule has 0 radical (unpaired) electrons. The summed E-state index contributed by atoms with van der Waals surface area (Å²) in [5.74, 6) is 0.0550. The highest BCUT2D eigenvalue weighted by atomic mass is 19.1. The molecule has 3 aromatic rings. The number of nitrogens with zero attached hydrogens (tertiary/aromatic N) is 2. The Morgan fingerprint density at radius 1 is 1.48 bits per heavy atom. The van der Waals surface area contributed by atoms with E-state index in [1.807, 2.05) is 13.0 Å². The molecule has 1 atom stereocenters. The molecule has 118 valence electrons. The molecule has 0 spiro atoms. The van der Waals surface area contributed by atoms with Gasteiger partial charge in [-0.2, -0.15) is 0 Å². The number of imidazole rings is 1. The van der Waals surface area contributed by atoms with Crippen molar-refractivity contribution in [2.45, 2.75) is 31.8 Å². The van der Waals surface area contributed by atoms with E-state index in [0.717, 1.165) is 18.6 Å². The number of halogens is 1. The quantitative estimate of drug-likeness (QED) is 0.799. The van der Waals surface area contributed by atoms with Crippen LogP contribution in [0, 0.1) is 5.82 Å². The van der Waals surface area contributed by atoms with Crippen molar-refractivity contribution in [2.24, 2.45) is 0 Å². The summed E-state index contributed by atoms with van der Waals surface area (Å²) in [7, 11) is 0. The molecule has 23 heavy (non-hydrogen) atoms. The predicted molar refractivity (Wildman–Crippen MR) is 82.4 cm³/mol. The first-order chi connectivity index (χ1) is 11.1. The summed E-state index contributed by atoms with van der Waals surface area (Å²) < 4.78 is 19.3. The van der Waals surface area contributed by atoms with Gasteiger partial charge in [-0.25, -0.2) is 9.37 Å². The summed E-state index contributed by atoms with van der Waals surface area (Å²) in [5.41, 5.74) is 1.30. The summed E-state index contributed by atoms with van der Waals surface area (Å²) in [6.07, 6.45) is 4.97. The second kappa shape index (κ2) is 5.22. The Balaban J connectivity index is 1.76. The van der Waals surface area contributed by atoms with Gasteiger partial charge in [0.2, 0.25) is 0 Å². The molecular formula is C17H16FN3O2. The lowest BCUT2D eigenvalue weighted by Crippen LogP contribution is -2.35. The monoisotopic (exact) mass is 313 g/mol. The van der Waals surface area contributed by atoms with Crippen LogP contribution in [0.4, 0.5) is 4.39 Å². The van der Waals surface area contributed by atoms with Gasteiger partial charge >= 0.3 is 0 Å². The van der Waals surface area contributed by atoms with Crippen LogP contribution in [0.1, 0.15) is 41.9 Å². The van der Waals surface area contributed by atoms with E-state index < -0.39 is 5.82 Å². The van der Waals surface area contributed by atoms with E-state index in [-0.39, 0.29) is 23.6 Å². The summed E-state index contributed by atoms with van der Waals surface area (Å²) in [6, 6.07) is 6.22. The summed E-state index contributed by atoms with van der Waals surface area (Å²) in [6.45, 7) is 1.93. The standard InChI is InChI=1S/C17H16FN3O2/c1-10(15-3-2-6-23-15)21(12-4-5-12)17(22)13-7-11(18)8-14-16(13)20-9-19-14/h2-3,6-10,12H,4-5H2,1H3,(H,19,20)/t10-/m0/s1. The lowest BCUT2D eigenvalue weighted by atomic mass is 10.1. The van der Waals surface area contributed by atoms with E-state index in [4.69, 9.17) is 4.42 Å². The summed E-state index contributed by atoms with van der Waals surface area (Å²) >= 11 is 0. The average Bonchev–Trinajstić information content (AvgIpc) is 3.04. The number of aromatic nitrogens is 2. The van der Waals surface area contributed by atoms with Gasteiger partial charge in [0.05, 0.1) is 29.7 Å². The van der Waals surface area contributed by atoms with Gasteiger partial charge in [-0.15, -0.1) is 0 Å². The number of fused-ring (bicyclic) bond motifs is 1. The second-order valence-electron chi connectivity index (χ2n) is 5.89. The molecule has 1 fully saturated rings. The molecule has 0 aliphatic heterocycles. The molecule has 1 aliphatic rings. The van der Waals surface area contributed by atoms with Gasteiger partial charge in [0.15, 0.2) is 0 Å². The van der Waals surface area contributed by atoms with Gasteiger partial charge < -0.3 is 14.3 Å². The molecule has 0 unspecified atom stereocenters. The number of hydrogen-bond acceptors (Lipinski definition) is 3. The maximum Gasteiger partial charge on any atom is 0.257 e. The number of amides is 1. The van der Waals surface area contributed by atoms with Crippen LogP contribution in [-0.2, 0) is 0 Å². The zero-order chi connectivity index (χ0) is 16.0. The molecule has 2 heterocycles. The zero-order valence-corrected chi connectivity index (χ0v) is 12.6. The molecule has 5 nitrogen and oxygen atoms in total. The Kier molecular flexibility index (Phi) is 3.18. The molecule has 4 rings (SSSR count). The first kappa shape index (κ1) is 14.0. The highest BCUT2D eigenvalue weighted by Crippen LogP contribution is 2.36. The van der Waals surface area contributed by atoms with E-state index >= 15 is 0 Å². The van der Waals surface area contributed by atoms with E-state index in [2.05, 4.69) is 9.97 Å². The van der Waals surface area contributed by atoms with Crippen molar-refractivity contribution >= 4 is 16.9 Å². The minimum Gasteiger partial charge on any atom is -0.467 e. The Hall–Kier alpha value is -2.63. The lowest BCUT2D eigenvalue weighted by molar-refractivity contribution is 0.0654.